The van der Waals surface area contributed by atoms with Gasteiger partial charge < -0.3 is 14.3 Å². The van der Waals surface area contributed by atoms with Crippen molar-refractivity contribution < 1.29 is 9.21 Å². The number of aromatic nitrogens is 5. The van der Waals surface area contributed by atoms with Crippen LogP contribution in [0.4, 0.5) is 0 Å². The highest BCUT2D eigenvalue weighted by Crippen LogP contribution is 2.29. The zero-order chi connectivity index (χ0) is 26.9. The molecule has 5 aromatic rings. The van der Waals surface area contributed by atoms with Crippen LogP contribution < -0.4 is 5.56 Å². The Kier molecular flexibility index (Phi) is 6.54. The third-order valence-corrected chi connectivity index (χ3v) is 7.29. The van der Waals surface area contributed by atoms with Gasteiger partial charge in [-0.2, -0.15) is 0 Å². The van der Waals surface area contributed by atoms with Gasteiger partial charge in [0.15, 0.2) is 11.6 Å². The van der Waals surface area contributed by atoms with Gasteiger partial charge in [0.2, 0.25) is 0 Å². The Labute approximate surface area is 224 Å². The lowest BCUT2D eigenvalue weighted by atomic mass is 10.00. The fourth-order valence-corrected chi connectivity index (χ4v) is 5.42. The molecule has 3 aromatic heterocycles. The molecule has 1 fully saturated rings. The van der Waals surface area contributed by atoms with E-state index in [1.165, 1.54) is 6.26 Å². The Morgan fingerprint density at radius 3 is 2.56 bits per heavy atom. The number of hydrogen-bond donors (Lipinski definition) is 1. The molecule has 6 rings (SSSR count). The standard InChI is InChI=1S/C29H29N7O3/c1-19-15-20(2)25-22(16-19)17-23(28(37)30-25)26(27-31-32-33-36(27)18-21-7-4-3-5-8-21)34-10-12-35(13-11-34)29(38)24-9-6-14-39-24/h3-9,14-17,26H,10-13,18H2,1-2H3,(H,30,37)/t26-/m1/s1. The maximum atomic E-state index is 13.6. The van der Waals surface area contributed by atoms with Crippen LogP contribution in [0.3, 0.4) is 0 Å². The van der Waals surface area contributed by atoms with E-state index in [1.54, 1.807) is 21.7 Å². The summed E-state index contributed by atoms with van der Waals surface area (Å²) in [6.07, 6.45) is 1.50. The number of aromatic amines is 1. The van der Waals surface area contributed by atoms with Crippen molar-refractivity contribution in [1.82, 2.24) is 35.0 Å². The molecule has 198 valence electrons. The minimum Gasteiger partial charge on any atom is -0.459 e. The monoisotopic (exact) mass is 523 g/mol. The molecule has 0 radical (unpaired) electrons. The highest BCUT2D eigenvalue weighted by Gasteiger charge is 2.34. The second-order valence-corrected chi connectivity index (χ2v) is 9.99. The molecule has 0 aliphatic carbocycles. The molecule has 10 heteroatoms. The van der Waals surface area contributed by atoms with Gasteiger partial charge in [-0.05, 0) is 65.1 Å². The minimum absolute atomic E-state index is 0.139. The Morgan fingerprint density at radius 1 is 1.03 bits per heavy atom. The zero-order valence-electron chi connectivity index (χ0n) is 21.9. The number of nitrogens with one attached hydrogen (secondary N) is 1. The normalized spacial score (nSPS) is 15.1. The van der Waals surface area contributed by atoms with Crippen LogP contribution >= 0.6 is 0 Å². The van der Waals surface area contributed by atoms with Crippen LogP contribution in [0.25, 0.3) is 10.9 Å². The summed E-state index contributed by atoms with van der Waals surface area (Å²) < 4.78 is 7.07. The van der Waals surface area contributed by atoms with E-state index in [0.717, 1.165) is 27.6 Å². The van der Waals surface area contributed by atoms with Crippen LogP contribution in [0.1, 0.15) is 44.7 Å². The molecule has 0 saturated carbocycles. The predicted octanol–water partition coefficient (Wildman–Crippen LogP) is 3.32. The largest absolute Gasteiger partial charge is 0.459 e. The van der Waals surface area contributed by atoms with E-state index >= 15 is 0 Å². The van der Waals surface area contributed by atoms with Crippen molar-refractivity contribution in [3.05, 3.63) is 111 Å². The van der Waals surface area contributed by atoms with E-state index in [2.05, 4.69) is 37.5 Å². The molecule has 10 nitrogen and oxygen atoms in total. The molecular formula is C29H29N7O3. The van der Waals surface area contributed by atoms with E-state index in [9.17, 15) is 9.59 Å². The van der Waals surface area contributed by atoms with Gasteiger partial charge in [-0.1, -0.05) is 42.0 Å². The molecule has 0 spiro atoms. The quantitative estimate of drug-likeness (QED) is 0.363. The van der Waals surface area contributed by atoms with E-state index < -0.39 is 6.04 Å². The van der Waals surface area contributed by atoms with Crippen molar-refractivity contribution in [1.29, 1.82) is 0 Å². The van der Waals surface area contributed by atoms with Gasteiger partial charge in [-0.25, -0.2) is 4.68 Å². The lowest BCUT2D eigenvalue weighted by molar-refractivity contribution is 0.0558. The van der Waals surface area contributed by atoms with Crippen LogP contribution in [-0.2, 0) is 6.54 Å². The number of rotatable bonds is 6. The van der Waals surface area contributed by atoms with Gasteiger partial charge in [0.25, 0.3) is 11.5 Å². The molecule has 2 aromatic carbocycles. The number of benzene rings is 2. The molecule has 1 amide bonds. The highest BCUT2D eigenvalue weighted by molar-refractivity contribution is 5.91. The van der Waals surface area contributed by atoms with Gasteiger partial charge in [0, 0.05) is 31.7 Å². The highest BCUT2D eigenvalue weighted by atomic mass is 16.3. The van der Waals surface area contributed by atoms with Gasteiger partial charge in [0.1, 0.15) is 6.04 Å². The number of hydrogen-bond acceptors (Lipinski definition) is 7. The second-order valence-electron chi connectivity index (χ2n) is 9.99. The maximum absolute atomic E-state index is 13.6. The summed E-state index contributed by atoms with van der Waals surface area (Å²) in [6, 6.07) is 18.9. The summed E-state index contributed by atoms with van der Waals surface area (Å²) >= 11 is 0. The van der Waals surface area contributed by atoms with E-state index in [4.69, 9.17) is 4.42 Å². The molecule has 1 aliphatic rings. The van der Waals surface area contributed by atoms with Gasteiger partial charge in [-0.3, -0.25) is 14.5 Å². The number of nitrogens with zero attached hydrogens (tertiary/aromatic N) is 6. The number of carbonyl (C=O) groups excluding carboxylic acids is 1. The average molecular weight is 524 g/mol. The number of tetrazole rings is 1. The zero-order valence-corrected chi connectivity index (χ0v) is 21.9. The molecule has 4 heterocycles. The molecule has 0 unspecified atom stereocenters. The molecule has 1 N–H and O–H groups in total. The molecule has 1 saturated heterocycles. The number of amides is 1. The van der Waals surface area contributed by atoms with Crippen molar-refractivity contribution in [3.8, 4) is 0 Å². The lowest BCUT2D eigenvalue weighted by Crippen LogP contribution is -2.50. The fourth-order valence-electron chi connectivity index (χ4n) is 5.42. The Balaban J connectivity index is 1.39. The number of furan rings is 1. The van der Waals surface area contributed by atoms with Crippen molar-refractivity contribution >= 4 is 16.8 Å². The number of aryl methyl sites for hydroxylation is 2. The van der Waals surface area contributed by atoms with Crippen LogP contribution in [0.15, 0.2) is 76.1 Å². The first-order valence-corrected chi connectivity index (χ1v) is 13.0. The summed E-state index contributed by atoms with van der Waals surface area (Å²) in [6.45, 7) is 6.57. The summed E-state index contributed by atoms with van der Waals surface area (Å²) in [4.78, 5) is 33.6. The van der Waals surface area contributed by atoms with Crippen LogP contribution in [0, 0.1) is 13.8 Å². The van der Waals surface area contributed by atoms with Crippen molar-refractivity contribution in [2.24, 2.45) is 0 Å². The van der Waals surface area contributed by atoms with Crippen LogP contribution in [0.5, 0.6) is 0 Å². The number of H-pyrrole nitrogens is 1. The summed E-state index contributed by atoms with van der Waals surface area (Å²) in [7, 11) is 0. The second kappa shape index (κ2) is 10.3. The molecular weight excluding hydrogens is 494 g/mol. The number of pyridine rings is 1. The fraction of sp³-hybridized carbons (Fsp3) is 0.276. The number of piperazine rings is 1. The third kappa shape index (κ3) is 4.86. The maximum Gasteiger partial charge on any atom is 0.289 e. The topological polar surface area (TPSA) is 113 Å². The van der Waals surface area contributed by atoms with Gasteiger partial charge in [-0.15, -0.1) is 5.10 Å². The average Bonchev–Trinajstić information content (AvgIpc) is 3.63. The van der Waals surface area contributed by atoms with Crippen LogP contribution in [-0.4, -0.2) is 67.1 Å². The molecule has 0 bridgehead atoms. The van der Waals surface area contributed by atoms with Crippen molar-refractivity contribution in [2.75, 3.05) is 26.2 Å². The number of carbonyl (C=O) groups is 1. The first-order chi connectivity index (χ1) is 19.0. The van der Waals surface area contributed by atoms with Gasteiger partial charge in [0.05, 0.1) is 18.3 Å². The van der Waals surface area contributed by atoms with E-state index in [-0.39, 0.29) is 11.5 Å². The Bertz CT molecular complexity index is 1670. The first-order valence-electron chi connectivity index (χ1n) is 13.0. The molecule has 39 heavy (non-hydrogen) atoms. The Hall–Kier alpha value is -4.57. The first kappa shape index (κ1) is 24.7. The third-order valence-electron chi connectivity index (χ3n) is 7.29. The van der Waals surface area contributed by atoms with E-state index in [0.29, 0.717) is 49.9 Å². The smallest absolute Gasteiger partial charge is 0.289 e. The van der Waals surface area contributed by atoms with Crippen molar-refractivity contribution in [3.63, 3.8) is 0 Å². The number of fused-ring (bicyclic) bond motifs is 1. The SMILES string of the molecule is Cc1cc(C)c2[nH]c(=O)c([C@H](c3nnnn3Cc3ccccc3)N3CCN(C(=O)c4ccco4)CC3)cc2c1. The minimum atomic E-state index is -0.501. The summed E-state index contributed by atoms with van der Waals surface area (Å²) in [5, 5.41) is 13.7. The van der Waals surface area contributed by atoms with Crippen molar-refractivity contribution in [2.45, 2.75) is 26.4 Å². The van der Waals surface area contributed by atoms with Crippen LogP contribution in [0.2, 0.25) is 0 Å². The van der Waals surface area contributed by atoms with E-state index in [1.807, 2.05) is 50.2 Å². The molecule has 1 aliphatic heterocycles. The molecule has 1 atom stereocenters. The summed E-state index contributed by atoms with van der Waals surface area (Å²) in [5.74, 6) is 0.766. The lowest BCUT2D eigenvalue weighted by Gasteiger charge is -2.38. The summed E-state index contributed by atoms with van der Waals surface area (Å²) in [5.41, 5.74) is 4.41. The predicted molar refractivity (Wildman–Crippen MR) is 145 cm³/mol. The van der Waals surface area contributed by atoms with Gasteiger partial charge >= 0.3 is 0 Å². The Morgan fingerprint density at radius 2 is 1.82 bits per heavy atom.